The molecule has 2 atom stereocenters. The largest absolute Gasteiger partial charge is 0.486 e. The van der Waals surface area contributed by atoms with Crippen LogP contribution in [0.15, 0.2) is 72.8 Å². The summed E-state index contributed by atoms with van der Waals surface area (Å²) in [5.74, 6) is -0.0619. The number of benzene rings is 3. The number of carbonyl (C=O) groups is 2. The smallest absolute Gasteiger partial charge is 0.253 e. The van der Waals surface area contributed by atoms with Crippen molar-refractivity contribution in [2.45, 2.75) is 25.9 Å². The van der Waals surface area contributed by atoms with Crippen molar-refractivity contribution in [3.63, 3.8) is 0 Å². The van der Waals surface area contributed by atoms with Crippen LogP contribution in [0.25, 0.3) is 0 Å². The van der Waals surface area contributed by atoms with Gasteiger partial charge in [0.2, 0.25) is 15.9 Å². The zero-order valence-corrected chi connectivity index (χ0v) is 21.6. The Labute approximate surface area is 216 Å². The third kappa shape index (κ3) is 6.03. The van der Waals surface area contributed by atoms with Gasteiger partial charge in [-0.05, 0) is 43.7 Å². The van der Waals surface area contributed by atoms with Gasteiger partial charge in [0.05, 0.1) is 29.2 Å². The van der Waals surface area contributed by atoms with E-state index in [9.17, 15) is 18.0 Å². The van der Waals surface area contributed by atoms with E-state index in [0.29, 0.717) is 24.7 Å². The van der Waals surface area contributed by atoms with Crippen molar-refractivity contribution in [1.82, 2.24) is 5.32 Å². The zero-order chi connectivity index (χ0) is 26.6. The molecule has 3 aromatic carbocycles. The first kappa shape index (κ1) is 26.0. The van der Waals surface area contributed by atoms with Gasteiger partial charge in [-0.15, -0.1) is 0 Å². The highest BCUT2D eigenvalue weighted by Gasteiger charge is 2.31. The van der Waals surface area contributed by atoms with Gasteiger partial charge in [-0.2, -0.15) is 0 Å². The number of fused-ring (bicyclic) bond motifs is 1. The molecule has 2 amide bonds. The van der Waals surface area contributed by atoms with Gasteiger partial charge in [-0.25, -0.2) is 8.42 Å². The van der Waals surface area contributed by atoms with Crippen molar-refractivity contribution in [3.8, 4) is 11.5 Å². The summed E-state index contributed by atoms with van der Waals surface area (Å²) in [6.07, 6.45) is 1.03. The molecule has 2 N–H and O–H groups in total. The van der Waals surface area contributed by atoms with Crippen molar-refractivity contribution in [2.75, 3.05) is 29.1 Å². The standard InChI is InChI=1S/C27H29N3O6S/c1-18(20-9-5-4-6-10-20)28-27(32)22-11-7-8-12-23(22)29-26(31)19(2)30(37(3,33)34)21-13-14-24-25(17-21)36-16-15-35-24/h4-14,17-19H,15-16H2,1-3H3,(H,28,32)(H,29,31)/t18-,19+/m0/s1. The van der Waals surface area contributed by atoms with Crippen LogP contribution in [0.2, 0.25) is 0 Å². The predicted octanol–water partition coefficient (Wildman–Crippen LogP) is 3.74. The molecule has 0 aliphatic carbocycles. The van der Waals surface area contributed by atoms with Gasteiger partial charge in [-0.3, -0.25) is 13.9 Å². The second-order valence-corrected chi connectivity index (χ2v) is 10.6. The Kier molecular flexibility index (Phi) is 7.68. The van der Waals surface area contributed by atoms with Crippen LogP contribution >= 0.6 is 0 Å². The lowest BCUT2D eigenvalue weighted by atomic mass is 10.1. The Hall–Kier alpha value is -4.05. The Balaban J connectivity index is 1.55. The van der Waals surface area contributed by atoms with Gasteiger partial charge in [0.1, 0.15) is 19.3 Å². The number of ether oxygens (including phenoxy) is 2. The van der Waals surface area contributed by atoms with E-state index in [1.807, 2.05) is 37.3 Å². The molecular weight excluding hydrogens is 494 g/mol. The number of para-hydroxylation sites is 1. The van der Waals surface area contributed by atoms with Gasteiger partial charge in [0.15, 0.2) is 11.5 Å². The molecule has 0 saturated heterocycles. The van der Waals surface area contributed by atoms with E-state index in [1.54, 1.807) is 36.4 Å². The highest BCUT2D eigenvalue weighted by Crippen LogP contribution is 2.35. The fourth-order valence-corrected chi connectivity index (χ4v) is 5.27. The maximum Gasteiger partial charge on any atom is 0.253 e. The molecule has 0 saturated carbocycles. The average molecular weight is 524 g/mol. The van der Waals surface area contributed by atoms with Crippen LogP contribution in [0, 0.1) is 0 Å². The quantitative estimate of drug-likeness (QED) is 0.465. The molecule has 0 spiro atoms. The molecule has 3 aromatic rings. The first-order valence-corrected chi connectivity index (χ1v) is 13.6. The van der Waals surface area contributed by atoms with E-state index in [1.165, 1.54) is 13.0 Å². The van der Waals surface area contributed by atoms with Crippen LogP contribution in [0.1, 0.15) is 35.8 Å². The summed E-state index contributed by atoms with van der Waals surface area (Å²) in [4.78, 5) is 26.3. The molecule has 4 rings (SSSR count). The van der Waals surface area contributed by atoms with Crippen molar-refractivity contribution in [1.29, 1.82) is 0 Å². The number of carbonyl (C=O) groups excluding carboxylic acids is 2. The van der Waals surface area contributed by atoms with E-state index < -0.39 is 22.0 Å². The van der Waals surface area contributed by atoms with Crippen LogP contribution in [0.5, 0.6) is 11.5 Å². The molecule has 0 fully saturated rings. The Bertz CT molecular complexity index is 1390. The number of nitrogens with zero attached hydrogens (tertiary/aromatic N) is 1. The third-order valence-corrected chi connectivity index (χ3v) is 7.19. The van der Waals surface area contributed by atoms with Gasteiger partial charge in [-0.1, -0.05) is 42.5 Å². The normalized spacial score (nSPS) is 14.2. The topological polar surface area (TPSA) is 114 Å². The first-order valence-electron chi connectivity index (χ1n) is 11.8. The van der Waals surface area contributed by atoms with Crippen LogP contribution in [0.4, 0.5) is 11.4 Å². The van der Waals surface area contributed by atoms with Gasteiger partial charge < -0.3 is 20.1 Å². The summed E-state index contributed by atoms with van der Waals surface area (Å²) in [7, 11) is -3.86. The minimum Gasteiger partial charge on any atom is -0.486 e. The minimum atomic E-state index is -3.86. The molecule has 0 bridgehead atoms. The molecule has 10 heteroatoms. The summed E-state index contributed by atoms with van der Waals surface area (Å²) in [6, 6.07) is 19.4. The van der Waals surface area contributed by atoms with Crippen LogP contribution in [-0.2, 0) is 14.8 Å². The molecule has 37 heavy (non-hydrogen) atoms. The highest BCUT2D eigenvalue weighted by molar-refractivity contribution is 7.92. The molecule has 1 aliphatic rings. The lowest BCUT2D eigenvalue weighted by Gasteiger charge is -2.29. The van der Waals surface area contributed by atoms with Crippen LogP contribution in [-0.4, -0.2) is 45.7 Å². The summed E-state index contributed by atoms with van der Waals surface area (Å²) < 4.78 is 37.6. The number of hydrogen-bond donors (Lipinski definition) is 2. The van der Waals surface area contributed by atoms with Crippen molar-refractivity contribution in [2.24, 2.45) is 0 Å². The number of anilines is 2. The predicted molar refractivity (Wildman–Crippen MR) is 142 cm³/mol. The second-order valence-electron chi connectivity index (χ2n) is 8.70. The van der Waals surface area contributed by atoms with E-state index in [2.05, 4.69) is 10.6 Å². The highest BCUT2D eigenvalue weighted by atomic mass is 32.2. The summed E-state index contributed by atoms with van der Waals surface area (Å²) in [5.41, 5.74) is 1.73. The first-order chi connectivity index (χ1) is 17.6. The number of hydrogen-bond acceptors (Lipinski definition) is 6. The summed E-state index contributed by atoms with van der Waals surface area (Å²) in [6.45, 7) is 4.09. The average Bonchev–Trinajstić information content (AvgIpc) is 2.88. The van der Waals surface area contributed by atoms with Crippen LogP contribution in [0.3, 0.4) is 0 Å². The third-order valence-electron chi connectivity index (χ3n) is 5.95. The molecular formula is C27H29N3O6S. The van der Waals surface area contributed by atoms with E-state index in [4.69, 9.17) is 9.47 Å². The van der Waals surface area contributed by atoms with E-state index in [0.717, 1.165) is 16.1 Å². The van der Waals surface area contributed by atoms with Crippen molar-refractivity contribution >= 4 is 33.2 Å². The maximum atomic E-state index is 13.3. The number of sulfonamides is 1. The molecule has 0 unspecified atom stereocenters. The number of nitrogens with one attached hydrogen (secondary N) is 2. The SMILES string of the molecule is C[C@H](NC(=O)c1ccccc1NC(=O)[C@@H](C)N(c1ccc2c(c1)OCCO2)S(C)(=O)=O)c1ccccc1. The molecule has 9 nitrogen and oxygen atoms in total. The molecule has 0 radical (unpaired) electrons. The van der Waals surface area contributed by atoms with Gasteiger partial charge in [0, 0.05) is 6.07 Å². The monoisotopic (exact) mass is 523 g/mol. The second kappa shape index (κ2) is 10.9. The fraction of sp³-hybridized carbons (Fsp3) is 0.259. The van der Waals surface area contributed by atoms with Crippen LogP contribution < -0.4 is 24.4 Å². The lowest BCUT2D eigenvalue weighted by molar-refractivity contribution is -0.116. The van der Waals surface area contributed by atoms with E-state index >= 15 is 0 Å². The van der Waals surface area contributed by atoms with Gasteiger partial charge >= 0.3 is 0 Å². The maximum absolute atomic E-state index is 13.3. The Morgan fingerprint density at radius 3 is 2.24 bits per heavy atom. The Morgan fingerprint density at radius 2 is 1.54 bits per heavy atom. The number of rotatable bonds is 8. The van der Waals surface area contributed by atoms with Gasteiger partial charge in [0.25, 0.3) is 5.91 Å². The summed E-state index contributed by atoms with van der Waals surface area (Å²) >= 11 is 0. The minimum absolute atomic E-state index is 0.257. The molecule has 194 valence electrons. The Morgan fingerprint density at radius 1 is 0.892 bits per heavy atom. The number of amides is 2. The van der Waals surface area contributed by atoms with E-state index in [-0.39, 0.29) is 28.9 Å². The molecule has 1 aliphatic heterocycles. The zero-order valence-electron chi connectivity index (χ0n) is 20.8. The lowest BCUT2D eigenvalue weighted by Crippen LogP contribution is -2.45. The van der Waals surface area contributed by atoms with Crippen molar-refractivity contribution < 1.29 is 27.5 Å². The molecule has 1 heterocycles. The van der Waals surface area contributed by atoms with Crippen molar-refractivity contribution in [3.05, 3.63) is 83.9 Å². The summed E-state index contributed by atoms with van der Waals surface area (Å²) in [5, 5.41) is 5.66. The molecule has 0 aromatic heterocycles. The fourth-order valence-electron chi connectivity index (χ4n) is 4.10.